The zero-order valence-electron chi connectivity index (χ0n) is 7.73. The van der Waals surface area contributed by atoms with Crippen LogP contribution in [0.25, 0.3) is 0 Å². The topological polar surface area (TPSA) is 52.3 Å². The van der Waals surface area contributed by atoms with Gasteiger partial charge in [0.15, 0.2) is 0 Å². The largest absolute Gasteiger partial charge is 0.469 e. The van der Waals surface area contributed by atoms with Gasteiger partial charge in [0.05, 0.1) is 13.0 Å². The Bertz CT molecular complexity index is 208. The van der Waals surface area contributed by atoms with E-state index in [4.69, 9.17) is 10.5 Å². The number of nitrogens with two attached hydrogens (primary N) is 1. The molecule has 2 saturated carbocycles. The summed E-state index contributed by atoms with van der Waals surface area (Å²) in [5.74, 6) is 0.986. The number of carbonyl (C=O) groups excluding carboxylic acids is 1. The number of rotatable bonds is 1. The van der Waals surface area contributed by atoms with Crippen molar-refractivity contribution in [1.29, 1.82) is 0 Å². The van der Waals surface area contributed by atoms with Crippen molar-refractivity contribution in [3.8, 4) is 0 Å². The fourth-order valence-electron chi connectivity index (χ4n) is 2.82. The molecule has 4 unspecified atom stereocenters. The molecule has 2 N–H and O–H groups in total. The summed E-state index contributed by atoms with van der Waals surface area (Å²) >= 11 is 0. The Balaban J connectivity index is 0.000000845. The Kier molecular flexibility index (Phi) is 3.19. The molecule has 13 heavy (non-hydrogen) atoms. The van der Waals surface area contributed by atoms with Crippen LogP contribution in [0, 0.1) is 17.8 Å². The van der Waals surface area contributed by atoms with Gasteiger partial charge in [0.25, 0.3) is 0 Å². The van der Waals surface area contributed by atoms with Gasteiger partial charge < -0.3 is 10.5 Å². The van der Waals surface area contributed by atoms with Gasteiger partial charge in [-0.3, -0.25) is 4.79 Å². The van der Waals surface area contributed by atoms with Gasteiger partial charge in [0, 0.05) is 6.04 Å². The van der Waals surface area contributed by atoms with Crippen LogP contribution in [0.15, 0.2) is 0 Å². The molecule has 0 saturated heterocycles. The summed E-state index contributed by atoms with van der Waals surface area (Å²) in [6.07, 6.45) is 3.51. The van der Waals surface area contributed by atoms with Crippen molar-refractivity contribution in [3.05, 3.63) is 0 Å². The molecule has 2 rings (SSSR count). The number of methoxy groups -OCH3 is 1. The maximum Gasteiger partial charge on any atom is 0.310 e. The Hall–Kier alpha value is -0.280. The highest BCUT2D eigenvalue weighted by molar-refractivity contribution is 5.85. The zero-order valence-corrected chi connectivity index (χ0v) is 8.55. The summed E-state index contributed by atoms with van der Waals surface area (Å²) in [6, 6.07) is 0.0659. The molecular formula is C9H16ClNO2. The first kappa shape index (κ1) is 10.8. The summed E-state index contributed by atoms with van der Waals surface area (Å²) in [6.45, 7) is 0. The molecule has 76 valence electrons. The summed E-state index contributed by atoms with van der Waals surface area (Å²) in [7, 11) is 1.45. The molecule has 2 bridgehead atoms. The van der Waals surface area contributed by atoms with Crippen LogP contribution in [0.3, 0.4) is 0 Å². The fourth-order valence-corrected chi connectivity index (χ4v) is 2.82. The second-order valence-corrected chi connectivity index (χ2v) is 3.96. The molecule has 0 heterocycles. The van der Waals surface area contributed by atoms with E-state index < -0.39 is 0 Å². The van der Waals surface area contributed by atoms with Crippen LogP contribution in [-0.4, -0.2) is 19.1 Å². The Morgan fingerprint density at radius 2 is 2.00 bits per heavy atom. The number of carbonyl (C=O) groups is 1. The van der Waals surface area contributed by atoms with Crippen molar-refractivity contribution in [2.45, 2.75) is 25.3 Å². The zero-order chi connectivity index (χ0) is 8.72. The molecule has 0 radical (unpaired) electrons. The summed E-state index contributed by atoms with van der Waals surface area (Å²) in [5.41, 5.74) is 5.94. The third-order valence-electron chi connectivity index (χ3n) is 3.45. The Morgan fingerprint density at radius 3 is 2.46 bits per heavy atom. The van der Waals surface area contributed by atoms with Crippen LogP contribution in [-0.2, 0) is 9.53 Å². The first-order chi connectivity index (χ1) is 5.74. The number of hydrogen-bond acceptors (Lipinski definition) is 3. The molecule has 3 nitrogen and oxygen atoms in total. The van der Waals surface area contributed by atoms with Crippen LogP contribution in [0.4, 0.5) is 0 Å². The second kappa shape index (κ2) is 3.84. The lowest BCUT2D eigenvalue weighted by atomic mass is 9.85. The van der Waals surface area contributed by atoms with Crippen LogP contribution < -0.4 is 5.73 Å². The van der Waals surface area contributed by atoms with Crippen LogP contribution in [0.5, 0.6) is 0 Å². The lowest BCUT2D eigenvalue weighted by molar-refractivity contribution is -0.147. The molecule has 4 heteroatoms. The van der Waals surface area contributed by atoms with Crippen LogP contribution in [0.1, 0.15) is 19.3 Å². The number of esters is 1. The van der Waals surface area contributed by atoms with E-state index in [0.717, 1.165) is 12.8 Å². The standard InChI is InChI=1S/C9H15NO2.ClH/c1-12-9(11)7-5-2-3-6(4-5)8(7)10;/h5-8H,2-4,10H2,1H3;1H. The highest BCUT2D eigenvalue weighted by Gasteiger charge is 2.49. The highest BCUT2D eigenvalue weighted by Crippen LogP contribution is 2.47. The SMILES string of the molecule is COC(=O)C1C2CCC(C2)C1N.Cl. The quantitative estimate of drug-likeness (QED) is 0.649. The number of halogens is 1. The third-order valence-corrected chi connectivity index (χ3v) is 3.45. The summed E-state index contributed by atoms with van der Waals surface area (Å²) in [5, 5.41) is 0. The maximum absolute atomic E-state index is 11.3. The van der Waals surface area contributed by atoms with E-state index in [2.05, 4.69) is 0 Å². The smallest absolute Gasteiger partial charge is 0.310 e. The van der Waals surface area contributed by atoms with Gasteiger partial charge >= 0.3 is 5.97 Å². The monoisotopic (exact) mass is 205 g/mol. The average Bonchev–Trinajstić information content (AvgIpc) is 2.63. The van der Waals surface area contributed by atoms with Crippen molar-refractivity contribution < 1.29 is 9.53 Å². The summed E-state index contributed by atoms with van der Waals surface area (Å²) < 4.78 is 4.74. The molecule has 0 amide bonds. The predicted molar refractivity (Wildman–Crippen MR) is 51.6 cm³/mol. The minimum absolute atomic E-state index is 0. The van der Waals surface area contributed by atoms with Gasteiger partial charge in [0.2, 0.25) is 0 Å². The molecule has 2 aliphatic carbocycles. The lowest BCUT2D eigenvalue weighted by Gasteiger charge is -2.25. The number of fused-ring (bicyclic) bond motifs is 2. The maximum atomic E-state index is 11.3. The molecule has 4 atom stereocenters. The first-order valence-corrected chi connectivity index (χ1v) is 4.57. The fraction of sp³-hybridized carbons (Fsp3) is 0.889. The van der Waals surface area contributed by atoms with E-state index >= 15 is 0 Å². The Morgan fingerprint density at radius 1 is 1.38 bits per heavy atom. The number of hydrogen-bond donors (Lipinski definition) is 1. The molecule has 0 aromatic carbocycles. The van der Waals surface area contributed by atoms with Gasteiger partial charge in [-0.05, 0) is 31.1 Å². The van der Waals surface area contributed by atoms with Gasteiger partial charge in [0.1, 0.15) is 0 Å². The van der Waals surface area contributed by atoms with Gasteiger partial charge in [-0.15, -0.1) is 12.4 Å². The molecule has 0 aliphatic heterocycles. The highest BCUT2D eigenvalue weighted by atomic mass is 35.5. The van der Waals surface area contributed by atoms with Crippen LogP contribution in [0.2, 0.25) is 0 Å². The van der Waals surface area contributed by atoms with Gasteiger partial charge in [-0.25, -0.2) is 0 Å². The van der Waals surface area contributed by atoms with Crippen LogP contribution >= 0.6 is 12.4 Å². The normalized spacial score (nSPS) is 41.4. The van der Waals surface area contributed by atoms with Crippen molar-refractivity contribution in [1.82, 2.24) is 0 Å². The van der Waals surface area contributed by atoms with Crippen molar-refractivity contribution in [2.24, 2.45) is 23.5 Å². The second-order valence-electron chi connectivity index (χ2n) is 3.96. The van der Waals surface area contributed by atoms with E-state index in [0.29, 0.717) is 11.8 Å². The van der Waals surface area contributed by atoms with E-state index in [9.17, 15) is 4.79 Å². The van der Waals surface area contributed by atoms with E-state index in [1.54, 1.807) is 0 Å². The minimum atomic E-state index is -0.102. The minimum Gasteiger partial charge on any atom is -0.469 e. The summed E-state index contributed by atoms with van der Waals surface area (Å²) in [4.78, 5) is 11.3. The van der Waals surface area contributed by atoms with E-state index in [1.807, 2.05) is 0 Å². The molecule has 0 aromatic heterocycles. The molecular weight excluding hydrogens is 190 g/mol. The van der Waals surface area contributed by atoms with Crippen molar-refractivity contribution in [3.63, 3.8) is 0 Å². The lowest BCUT2D eigenvalue weighted by Crippen LogP contribution is -2.40. The van der Waals surface area contributed by atoms with Crippen molar-refractivity contribution in [2.75, 3.05) is 7.11 Å². The number of ether oxygens (including phenoxy) is 1. The van der Waals surface area contributed by atoms with Crippen molar-refractivity contribution >= 4 is 18.4 Å². The third kappa shape index (κ3) is 1.55. The molecule has 0 spiro atoms. The average molecular weight is 206 g/mol. The Labute approximate surface area is 84.4 Å². The van der Waals surface area contributed by atoms with Gasteiger partial charge in [-0.2, -0.15) is 0 Å². The van der Waals surface area contributed by atoms with E-state index in [1.165, 1.54) is 13.5 Å². The predicted octanol–water partition coefficient (Wildman–Crippen LogP) is 0.955. The van der Waals surface area contributed by atoms with Gasteiger partial charge in [-0.1, -0.05) is 0 Å². The molecule has 0 aromatic rings. The molecule has 2 fully saturated rings. The van der Waals surface area contributed by atoms with E-state index in [-0.39, 0.29) is 30.3 Å². The first-order valence-electron chi connectivity index (χ1n) is 4.57. The molecule has 2 aliphatic rings.